The molecule has 3 aromatic carbocycles. The third-order valence-electron chi connectivity index (χ3n) is 5.19. The molecule has 7 heteroatoms. The number of para-hydroxylation sites is 2. The second-order valence-electron chi connectivity index (χ2n) is 7.72. The summed E-state index contributed by atoms with van der Waals surface area (Å²) >= 11 is 1.36. The number of nitrogens with one attached hydrogen (secondary N) is 1. The Balaban J connectivity index is 1.38. The van der Waals surface area contributed by atoms with Crippen LogP contribution in [-0.4, -0.2) is 35.7 Å². The molecular weight excluding hydrogens is 412 g/mol. The normalized spacial score (nSPS) is 14.6. The maximum Gasteiger partial charge on any atom is 0.316 e. The van der Waals surface area contributed by atoms with Crippen LogP contribution in [0.25, 0.3) is 10.8 Å². The first-order chi connectivity index (χ1) is 14.9. The smallest absolute Gasteiger partial charge is 0.316 e. The van der Waals surface area contributed by atoms with Gasteiger partial charge in [-0.05, 0) is 48.9 Å². The van der Waals surface area contributed by atoms with E-state index in [2.05, 4.69) is 5.32 Å². The molecule has 0 aliphatic carbocycles. The van der Waals surface area contributed by atoms with Crippen LogP contribution in [0.3, 0.4) is 0 Å². The van der Waals surface area contributed by atoms with Gasteiger partial charge in [0.05, 0.1) is 17.1 Å². The Bertz CT molecular complexity index is 1170. The number of esters is 1. The number of carbonyl (C=O) groups excluding carboxylic acids is 3. The number of thioether (sulfide) groups is 1. The van der Waals surface area contributed by atoms with Crippen LogP contribution in [0, 0.1) is 0 Å². The highest BCUT2D eigenvalue weighted by Gasteiger charge is 2.43. The molecule has 0 bridgehead atoms. The van der Waals surface area contributed by atoms with Crippen molar-refractivity contribution in [2.24, 2.45) is 0 Å². The van der Waals surface area contributed by atoms with Gasteiger partial charge < -0.3 is 10.1 Å². The zero-order valence-electron chi connectivity index (χ0n) is 17.3. The summed E-state index contributed by atoms with van der Waals surface area (Å²) in [6.45, 7) is 2.89. The predicted octanol–water partition coefficient (Wildman–Crippen LogP) is 4.24. The minimum absolute atomic E-state index is 0.0894. The molecule has 4 rings (SSSR count). The minimum atomic E-state index is -1.10. The molecule has 31 heavy (non-hydrogen) atoms. The first-order valence-corrected chi connectivity index (χ1v) is 10.9. The van der Waals surface area contributed by atoms with E-state index in [1.807, 2.05) is 42.5 Å². The van der Waals surface area contributed by atoms with Crippen molar-refractivity contribution in [2.75, 3.05) is 22.6 Å². The molecule has 0 spiro atoms. The third kappa shape index (κ3) is 4.27. The number of benzene rings is 3. The van der Waals surface area contributed by atoms with Gasteiger partial charge in [0.25, 0.3) is 5.91 Å². The van der Waals surface area contributed by atoms with Gasteiger partial charge in [0.1, 0.15) is 5.54 Å². The summed E-state index contributed by atoms with van der Waals surface area (Å²) < 4.78 is 5.23. The molecule has 2 amide bonds. The van der Waals surface area contributed by atoms with Crippen molar-refractivity contribution in [2.45, 2.75) is 24.3 Å². The number of anilines is 2. The molecule has 158 valence electrons. The monoisotopic (exact) mass is 434 g/mol. The number of hydrogen-bond acceptors (Lipinski definition) is 5. The fraction of sp³-hybridized carbons (Fsp3) is 0.208. The van der Waals surface area contributed by atoms with E-state index in [1.54, 1.807) is 38.1 Å². The maximum absolute atomic E-state index is 12.9. The Labute approximate surface area is 184 Å². The van der Waals surface area contributed by atoms with Gasteiger partial charge in [-0.15, -0.1) is 11.8 Å². The van der Waals surface area contributed by atoms with E-state index in [0.717, 1.165) is 15.7 Å². The van der Waals surface area contributed by atoms with E-state index in [0.29, 0.717) is 11.4 Å². The van der Waals surface area contributed by atoms with Crippen LogP contribution in [0.1, 0.15) is 13.8 Å². The SMILES string of the molecule is CC1(C)C(=O)Nc2ccccc2N1C(=O)COC(=O)CSc1ccc2ccccc2c1. The van der Waals surface area contributed by atoms with E-state index in [4.69, 9.17) is 4.74 Å². The number of ether oxygens (including phenoxy) is 1. The first kappa shape index (κ1) is 20.9. The molecule has 0 fully saturated rings. The Hall–Kier alpha value is -3.32. The van der Waals surface area contributed by atoms with Gasteiger partial charge in [-0.2, -0.15) is 0 Å². The molecule has 0 saturated heterocycles. The van der Waals surface area contributed by atoms with E-state index in [9.17, 15) is 14.4 Å². The van der Waals surface area contributed by atoms with Crippen molar-refractivity contribution in [1.29, 1.82) is 0 Å². The number of nitrogens with zero attached hydrogens (tertiary/aromatic N) is 1. The lowest BCUT2D eigenvalue weighted by atomic mass is 9.96. The predicted molar refractivity (Wildman–Crippen MR) is 122 cm³/mol. The van der Waals surface area contributed by atoms with Crippen molar-refractivity contribution in [3.63, 3.8) is 0 Å². The summed E-state index contributed by atoms with van der Waals surface area (Å²) in [5, 5.41) is 5.04. The molecule has 1 N–H and O–H groups in total. The summed E-state index contributed by atoms with van der Waals surface area (Å²) in [6, 6.07) is 21.0. The number of hydrogen-bond donors (Lipinski definition) is 1. The highest BCUT2D eigenvalue weighted by atomic mass is 32.2. The maximum atomic E-state index is 12.9. The average Bonchev–Trinajstić information content (AvgIpc) is 2.76. The van der Waals surface area contributed by atoms with E-state index < -0.39 is 24.0 Å². The zero-order chi connectivity index (χ0) is 22.0. The first-order valence-electron chi connectivity index (χ1n) is 9.87. The van der Waals surface area contributed by atoms with Gasteiger partial charge in [0.2, 0.25) is 5.91 Å². The summed E-state index contributed by atoms with van der Waals surface area (Å²) in [4.78, 5) is 40.0. The molecule has 1 heterocycles. The lowest BCUT2D eigenvalue weighted by Gasteiger charge is -2.41. The van der Waals surface area contributed by atoms with Gasteiger partial charge in [0.15, 0.2) is 6.61 Å². The second-order valence-corrected chi connectivity index (χ2v) is 8.77. The van der Waals surface area contributed by atoms with Crippen molar-refractivity contribution in [1.82, 2.24) is 0 Å². The zero-order valence-corrected chi connectivity index (χ0v) is 18.1. The molecule has 0 unspecified atom stereocenters. The van der Waals surface area contributed by atoms with Gasteiger partial charge in [-0.3, -0.25) is 19.3 Å². The Kier molecular flexibility index (Phi) is 5.69. The number of rotatable bonds is 5. The number of carbonyl (C=O) groups is 3. The topological polar surface area (TPSA) is 75.7 Å². The Morgan fingerprint density at radius 1 is 1.00 bits per heavy atom. The summed E-state index contributed by atoms with van der Waals surface area (Å²) in [5.74, 6) is -1.14. The summed E-state index contributed by atoms with van der Waals surface area (Å²) in [5.41, 5.74) is 0.0366. The van der Waals surface area contributed by atoms with Crippen molar-refractivity contribution >= 4 is 51.7 Å². The lowest BCUT2D eigenvalue weighted by Crippen LogP contribution is -2.59. The molecule has 1 aliphatic rings. The average molecular weight is 435 g/mol. The van der Waals surface area contributed by atoms with Crippen LogP contribution in [-0.2, 0) is 19.1 Å². The highest BCUT2D eigenvalue weighted by Crippen LogP contribution is 2.36. The molecular formula is C24H22N2O4S. The van der Waals surface area contributed by atoms with Crippen LogP contribution < -0.4 is 10.2 Å². The fourth-order valence-electron chi connectivity index (χ4n) is 3.55. The van der Waals surface area contributed by atoms with Gasteiger partial charge in [-0.1, -0.05) is 42.5 Å². The van der Waals surface area contributed by atoms with Crippen LogP contribution in [0.2, 0.25) is 0 Å². The Morgan fingerprint density at radius 2 is 1.71 bits per heavy atom. The third-order valence-corrected chi connectivity index (χ3v) is 6.16. The molecule has 0 saturated carbocycles. The fourth-order valence-corrected chi connectivity index (χ4v) is 4.29. The van der Waals surface area contributed by atoms with Crippen molar-refractivity contribution < 1.29 is 19.1 Å². The van der Waals surface area contributed by atoms with Crippen molar-refractivity contribution in [3.8, 4) is 0 Å². The minimum Gasteiger partial charge on any atom is -0.455 e. The quantitative estimate of drug-likeness (QED) is 0.480. The van der Waals surface area contributed by atoms with E-state index in [-0.39, 0.29) is 11.7 Å². The largest absolute Gasteiger partial charge is 0.455 e. The standard InChI is InChI=1S/C24H22N2O4S/c1-24(2)23(29)25-19-9-5-6-10-20(19)26(24)21(27)14-30-22(28)15-31-18-12-11-16-7-3-4-8-17(16)13-18/h3-13H,14-15H2,1-2H3,(H,25,29). The van der Waals surface area contributed by atoms with Crippen LogP contribution in [0.5, 0.6) is 0 Å². The van der Waals surface area contributed by atoms with E-state index >= 15 is 0 Å². The highest BCUT2D eigenvalue weighted by molar-refractivity contribution is 8.00. The Morgan fingerprint density at radius 3 is 2.52 bits per heavy atom. The molecule has 0 aromatic heterocycles. The molecule has 0 atom stereocenters. The summed E-state index contributed by atoms with van der Waals surface area (Å²) in [7, 11) is 0. The number of fused-ring (bicyclic) bond motifs is 2. The van der Waals surface area contributed by atoms with Gasteiger partial charge >= 0.3 is 5.97 Å². The van der Waals surface area contributed by atoms with Crippen molar-refractivity contribution in [3.05, 3.63) is 66.7 Å². The molecule has 3 aromatic rings. The van der Waals surface area contributed by atoms with E-state index in [1.165, 1.54) is 16.7 Å². The molecule has 0 radical (unpaired) electrons. The van der Waals surface area contributed by atoms with Crippen LogP contribution in [0.15, 0.2) is 71.6 Å². The van der Waals surface area contributed by atoms with Gasteiger partial charge in [-0.25, -0.2) is 0 Å². The molecule has 6 nitrogen and oxygen atoms in total. The van der Waals surface area contributed by atoms with Gasteiger partial charge in [0, 0.05) is 4.90 Å². The van der Waals surface area contributed by atoms with Crippen LogP contribution in [0.4, 0.5) is 11.4 Å². The second kappa shape index (κ2) is 8.43. The van der Waals surface area contributed by atoms with Crippen LogP contribution >= 0.6 is 11.8 Å². The summed E-state index contributed by atoms with van der Waals surface area (Å²) in [6.07, 6.45) is 0. The molecule has 1 aliphatic heterocycles. The number of amides is 2. The lowest BCUT2D eigenvalue weighted by molar-refractivity contribution is -0.145.